The number of nitrogens with two attached hydrogens (primary N) is 1. The van der Waals surface area contributed by atoms with E-state index >= 15 is 0 Å². The minimum atomic E-state index is -0.541. The Kier molecular flexibility index (Phi) is 5.08. The highest BCUT2D eigenvalue weighted by atomic mass is 79.9. The summed E-state index contributed by atoms with van der Waals surface area (Å²) in [4.78, 5) is 19.0. The summed E-state index contributed by atoms with van der Waals surface area (Å²) in [7, 11) is 0. The van der Waals surface area contributed by atoms with E-state index in [4.69, 9.17) is 10.5 Å². The maximum Gasteiger partial charge on any atom is 0.411 e. The number of carbonyl (C=O) groups is 1. The quantitative estimate of drug-likeness (QED) is 0.686. The van der Waals surface area contributed by atoms with Crippen LogP contribution in [-0.2, 0) is 4.74 Å². The predicted molar refractivity (Wildman–Crippen MR) is 113 cm³/mol. The van der Waals surface area contributed by atoms with E-state index in [-0.39, 0.29) is 18.2 Å². The smallest absolute Gasteiger partial charge is 0.411 e. The highest BCUT2D eigenvalue weighted by Crippen LogP contribution is 2.46. The van der Waals surface area contributed by atoms with E-state index < -0.39 is 5.60 Å². The number of rotatable bonds is 3. The number of nitrogens with zero attached hydrogens (tertiary/aromatic N) is 2. The third kappa shape index (κ3) is 3.50. The van der Waals surface area contributed by atoms with Crippen molar-refractivity contribution in [2.24, 2.45) is 0 Å². The molecule has 2 aliphatic rings. The van der Waals surface area contributed by atoms with Crippen molar-refractivity contribution in [2.45, 2.75) is 63.1 Å². The Bertz CT molecular complexity index is 863. The fraction of sp³-hybridized carbons (Fsp3) is 0.455. The number of ether oxygens (including phenoxy) is 1. The van der Waals surface area contributed by atoms with Crippen LogP contribution in [0.15, 0.2) is 47.1 Å². The molecule has 6 heteroatoms. The number of benzene rings is 1. The zero-order chi connectivity index (χ0) is 19.9. The second kappa shape index (κ2) is 7.39. The molecule has 28 heavy (non-hydrogen) atoms. The number of hydrogen-bond donors (Lipinski definition) is 1. The fourth-order valence-electron chi connectivity index (χ4n) is 4.70. The molecule has 4 rings (SSSR count). The minimum absolute atomic E-state index is 0.0601. The molecule has 1 aliphatic heterocycles. The van der Waals surface area contributed by atoms with Crippen LogP contribution in [0.5, 0.6) is 0 Å². The summed E-state index contributed by atoms with van der Waals surface area (Å²) in [6, 6.07) is 12.4. The lowest BCUT2D eigenvalue weighted by atomic mass is 9.80. The van der Waals surface area contributed by atoms with Crippen LogP contribution in [0.1, 0.15) is 62.6 Å². The first-order chi connectivity index (χ1) is 13.4. The maximum absolute atomic E-state index is 12.8. The molecule has 0 spiro atoms. The lowest BCUT2D eigenvalue weighted by Crippen LogP contribution is -2.42. The maximum atomic E-state index is 12.8. The molecule has 1 saturated heterocycles. The number of nitrogen functional groups attached to an aromatic ring is 1. The van der Waals surface area contributed by atoms with Crippen molar-refractivity contribution >= 4 is 27.8 Å². The van der Waals surface area contributed by atoms with E-state index in [9.17, 15) is 4.79 Å². The van der Waals surface area contributed by atoms with Crippen LogP contribution < -0.4 is 5.73 Å². The van der Waals surface area contributed by atoms with Gasteiger partial charge in [-0.1, -0.05) is 30.3 Å². The standard InChI is InChI=1S/C22H26BrN3O2/c1-22(2)19(15-6-4-3-5-7-15)26(21(27)28-22)17-10-8-14(9-11-17)16-12-18(23)20(24)25-13-16/h3-7,12-14,17,19H,8-11H2,1-2H3,(H2,24,25)/t14?,17?,19-/m1/s1. The van der Waals surface area contributed by atoms with Crippen molar-refractivity contribution in [2.75, 3.05) is 5.73 Å². The van der Waals surface area contributed by atoms with E-state index in [1.807, 2.05) is 43.1 Å². The number of hydrogen-bond acceptors (Lipinski definition) is 4. The van der Waals surface area contributed by atoms with Gasteiger partial charge in [0, 0.05) is 12.2 Å². The number of amides is 1. The Morgan fingerprint density at radius 2 is 1.82 bits per heavy atom. The van der Waals surface area contributed by atoms with Gasteiger partial charge in [0.15, 0.2) is 0 Å². The number of pyridine rings is 1. The summed E-state index contributed by atoms with van der Waals surface area (Å²) >= 11 is 3.48. The first-order valence-corrected chi connectivity index (χ1v) is 10.6. The van der Waals surface area contributed by atoms with Gasteiger partial charge in [0.1, 0.15) is 11.4 Å². The van der Waals surface area contributed by atoms with Crippen LogP contribution in [0.25, 0.3) is 0 Å². The van der Waals surface area contributed by atoms with Gasteiger partial charge in [-0.2, -0.15) is 0 Å². The Morgan fingerprint density at radius 1 is 1.14 bits per heavy atom. The van der Waals surface area contributed by atoms with Gasteiger partial charge in [0.05, 0.1) is 10.5 Å². The molecule has 2 heterocycles. The first-order valence-electron chi connectivity index (χ1n) is 9.84. The monoisotopic (exact) mass is 443 g/mol. The molecule has 2 aromatic rings. The molecule has 1 aromatic carbocycles. The number of anilines is 1. The molecule has 2 N–H and O–H groups in total. The number of halogens is 1. The summed E-state index contributed by atoms with van der Waals surface area (Å²) in [6.07, 6.45) is 5.65. The van der Waals surface area contributed by atoms with E-state index in [2.05, 4.69) is 39.1 Å². The topological polar surface area (TPSA) is 68.5 Å². The zero-order valence-corrected chi connectivity index (χ0v) is 17.9. The van der Waals surface area contributed by atoms with E-state index in [0.29, 0.717) is 11.7 Å². The Morgan fingerprint density at radius 3 is 2.46 bits per heavy atom. The predicted octanol–water partition coefficient (Wildman–Crippen LogP) is 5.42. The van der Waals surface area contributed by atoms with Crippen LogP contribution in [0, 0.1) is 0 Å². The van der Waals surface area contributed by atoms with Crippen LogP contribution in [0.4, 0.5) is 10.6 Å². The molecular weight excluding hydrogens is 418 g/mol. The highest BCUT2D eigenvalue weighted by molar-refractivity contribution is 9.10. The van der Waals surface area contributed by atoms with Gasteiger partial charge in [-0.15, -0.1) is 0 Å². The number of aromatic nitrogens is 1. The SMILES string of the molecule is CC1(C)OC(=O)N(C2CCC(c3cnc(N)c(Br)c3)CC2)[C@@H]1c1ccccc1. The van der Waals surface area contributed by atoms with E-state index in [1.54, 1.807) is 0 Å². The van der Waals surface area contributed by atoms with Gasteiger partial charge in [0.2, 0.25) is 0 Å². The van der Waals surface area contributed by atoms with Gasteiger partial charge in [-0.3, -0.25) is 4.90 Å². The van der Waals surface area contributed by atoms with Gasteiger partial charge < -0.3 is 10.5 Å². The highest BCUT2D eigenvalue weighted by Gasteiger charge is 2.51. The van der Waals surface area contributed by atoms with Gasteiger partial charge in [-0.05, 0) is 78.6 Å². The second-order valence-electron chi connectivity index (χ2n) is 8.33. The lowest BCUT2D eigenvalue weighted by Gasteiger charge is -2.38. The summed E-state index contributed by atoms with van der Waals surface area (Å²) in [5, 5.41) is 0. The van der Waals surface area contributed by atoms with Crippen LogP contribution in [0.3, 0.4) is 0 Å². The number of carbonyl (C=O) groups excluding carboxylic acids is 1. The molecular formula is C22H26BrN3O2. The molecule has 1 aromatic heterocycles. The molecule has 0 radical (unpaired) electrons. The average molecular weight is 444 g/mol. The van der Waals surface area contributed by atoms with Crippen molar-refractivity contribution in [3.8, 4) is 0 Å². The molecule has 1 saturated carbocycles. The van der Waals surface area contributed by atoms with Crippen LogP contribution >= 0.6 is 15.9 Å². The molecule has 0 unspecified atom stereocenters. The summed E-state index contributed by atoms with van der Waals surface area (Å²) in [5.41, 5.74) is 7.62. The zero-order valence-electron chi connectivity index (χ0n) is 16.3. The van der Waals surface area contributed by atoms with Gasteiger partial charge in [0.25, 0.3) is 0 Å². The van der Waals surface area contributed by atoms with Crippen molar-refractivity contribution in [3.05, 3.63) is 58.2 Å². The molecule has 1 aliphatic carbocycles. The van der Waals surface area contributed by atoms with Crippen molar-refractivity contribution < 1.29 is 9.53 Å². The third-order valence-electron chi connectivity index (χ3n) is 6.07. The van der Waals surface area contributed by atoms with Crippen molar-refractivity contribution in [3.63, 3.8) is 0 Å². The molecule has 148 valence electrons. The lowest BCUT2D eigenvalue weighted by molar-refractivity contribution is 0.0664. The Balaban J connectivity index is 1.52. The van der Waals surface area contributed by atoms with Crippen LogP contribution in [-0.4, -0.2) is 27.6 Å². The van der Waals surface area contributed by atoms with Crippen molar-refractivity contribution in [1.29, 1.82) is 0 Å². The molecule has 5 nitrogen and oxygen atoms in total. The minimum Gasteiger partial charge on any atom is -0.441 e. The summed E-state index contributed by atoms with van der Waals surface area (Å²) < 4.78 is 6.63. The third-order valence-corrected chi connectivity index (χ3v) is 6.70. The van der Waals surface area contributed by atoms with Gasteiger partial charge >= 0.3 is 6.09 Å². The van der Waals surface area contributed by atoms with E-state index in [1.165, 1.54) is 5.56 Å². The summed E-state index contributed by atoms with van der Waals surface area (Å²) in [6.45, 7) is 4.01. The molecule has 1 atom stereocenters. The molecule has 0 bridgehead atoms. The Labute approximate surface area is 174 Å². The average Bonchev–Trinajstić information content (AvgIpc) is 2.93. The van der Waals surface area contributed by atoms with Gasteiger partial charge in [-0.25, -0.2) is 9.78 Å². The van der Waals surface area contributed by atoms with E-state index in [0.717, 1.165) is 35.7 Å². The van der Waals surface area contributed by atoms with Crippen molar-refractivity contribution in [1.82, 2.24) is 9.88 Å². The number of cyclic esters (lactones) is 1. The molecule has 2 fully saturated rings. The molecule has 1 amide bonds. The Hall–Kier alpha value is -2.08. The second-order valence-corrected chi connectivity index (χ2v) is 9.19. The largest absolute Gasteiger partial charge is 0.441 e. The first kappa shape index (κ1) is 19.2. The van der Waals surface area contributed by atoms with Crippen LogP contribution in [0.2, 0.25) is 0 Å². The fourth-order valence-corrected chi connectivity index (χ4v) is 5.07. The summed E-state index contributed by atoms with van der Waals surface area (Å²) in [5.74, 6) is 0.965. The normalized spacial score (nSPS) is 26.9.